The van der Waals surface area contributed by atoms with E-state index in [-0.39, 0.29) is 7.21 Å². The van der Waals surface area contributed by atoms with Gasteiger partial charge in [-0.05, 0) is 19.5 Å². The van der Waals surface area contributed by atoms with Crippen LogP contribution in [0, 0.1) is 0 Å². The molecule has 1 N–H and O–H groups in total. The summed E-state index contributed by atoms with van der Waals surface area (Å²) in [6.07, 6.45) is 0.507. The number of nitrogens with one attached hydrogen (secondary N) is 1. The van der Waals surface area contributed by atoms with E-state index in [0.717, 1.165) is 19.6 Å². The van der Waals surface area contributed by atoms with Gasteiger partial charge in [0.25, 0.3) is 0 Å². The smallest absolute Gasteiger partial charge is 0.407 e. The van der Waals surface area contributed by atoms with Gasteiger partial charge in [0.1, 0.15) is 0 Å². The van der Waals surface area contributed by atoms with Gasteiger partial charge in [-0.15, -0.1) is 0 Å². The molecule has 0 aliphatic heterocycles. The molecule has 0 rings (SSSR count). The summed E-state index contributed by atoms with van der Waals surface area (Å²) < 4.78 is 4.52. The quantitative estimate of drug-likeness (QED) is 0.707. The second kappa shape index (κ2) is 8.98. The lowest BCUT2D eigenvalue weighted by molar-refractivity contribution is -0.120. The number of methoxy groups -OCH3 is 1. The maximum absolute atomic E-state index is 11.7. The molecule has 0 heterocycles. The molecule has 0 spiro atoms. The van der Waals surface area contributed by atoms with E-state index in [1.807, 2.05) is 0 Å². The summed E-state index contributed by atoms with van der Waals surface area (Å²) in [5, 5.41) is 2.58. The van der Waals surface area contributed by atoms with Gasteiger partial charge in [-0.25, -0.2) is 4.79 Å². The Morgan fingerprint density at radius 2 is 1.88 bits per heavy atom. The zero-order valence-electron chi connectivity index (χ0n) is 11.3. The maximum atomic E-state index is 11.7. The van der Waals surface area contributed by atoms with Crippen molar-refractivity contribution < 1.29 is 15.8 Å². The molecule has 0 aliphatic carbocycles. The van der Waals surface area contributed by atoms with Gasteiger partial charge in [-0.2, -0.15) is 0 Å². The van der Waals surface area contributed by atoms with Gasteiger partial charge < -0.3 is 15.0 Å². The lowest BCUT2D eigenvalue weighted by Crippen LogP contribution is -2.42. The molecular formula is C12H26N2O3. The van der Waals surface area contributed by atoms with Gasteiger partial charge in [0.05, 0.1) is 13.2 Å². The molecule has 1 atom stereocenters. The molecule has 0 saturated carbocycles. The number of amides is 1. The number of rotatable bonds is 8. The lowest BCUT2D eigenvalue weighted by atomic mass is 10.1. The zero-order valence-corrected chi connectivity index (χ0v) is 11.3. The zero-order chi connectivity index (χ0) is 13.3. The Labute approximate surface area is 105 Å². The van der Waals surface area contributed by atoms with Crippen LogP contribution in [0.3, 0.4) is 0 Å². The predicted molar refractivity (Wildman–Crippen MR) is 69.1 cm³/mol. The van der Waals surface area contributed by atoms with Crippen LogP contribution in [-0.4, -0.2) is 49.6 Å². The fourth-order valence-electron chi connectivity index (χ4n) is 1.61. The number of hydrogen-bond acceptors (Lipinski definition) is 4. The molecule has 0 aromatic heterocycles. The second-order valence-electron chi connectivity index (χ2n) is 3.82. The number of hydrogen-bond donors (Lipinski definition) is 1. The molecule has 0 unspecified atom stereocenters. The number of nitrogens with zero attached hydrogens (tertiary/aromatic N) is 1. The highest BCUT2D eigenvalue weighted by Gasteiger charge is 2.19. The molecule has 0 bridgehead atoms. The van der Waals surface area contributed by atoms with Crippen molar-refractivity contribution in [3.63, 3.8) is 0 Å². The van der Waals surface area contributed by atoms with Crippen molar-refractivity contribution in [3.05, 3.63) is 0 Å². The van der Waals surface area contributed by atoms with Crippen LogP contribution in [0.5, 0.6) is 0 Å². The molecule has 0 aromatic rings. The predicted octanol–water partition coefficient (Wildman–Crippen LogP) is 1.67. The van der Waals surface area contributed by atoms with E-state index in [0.29, 0.717) is 12.8 Å². The van der Waals surface area contributed by atoms with Crippen molar-refractivity contribution in [1.29, 1.82) is 0 Å². The van der Waals surface area contributed by atoms with Crippen LogP contribution in [0.4, 0.5) is 4.79 Å². The summed E-state index contributed by atoms with van der Waals surface area (Å²) >= 11 is 0. The van der Waals surface area contributed by atoms with E-state index < -0.39 is 12.1 Å². The van der Waals surface area contributed by atoms with E-state index >= 15 is 0 Å². The Balaban J connectivity index is 0. The van der Waals surface area contributed by atoms with Crippen molar-refractivity contribution >= 4 is 11.9 Å². The number of Topliss-reactive ketones (excluding diaryl/α,β-unsaturated/α-hetero) is 1. The van der Waals surface area contributed by atoms with Crippen LogP contribution in [0.15, 0.2) is 0 Å². The summed E-state index contributed by atoms with van der Waals surface area (Å²) in [5.41, 5.74) is 0. The molecule has 0 saturated heterocycles. The first-order valence-electron chi connectivity index (χ1n) is 6.18. The molecule has 1 amide bonds. The van der Waals surface area contributed by atoms with Crippen LogP contribution >= 0.6 is 0 Å². The average Bonchev–Trinajstić information content (AvgIpc) is 2.37. The van der Waals surface area contributed by atoms with Gasteiger partial charge in [0, 0.05) is 14.4 Å². The summed E-state index contributed by atoms with van der Waals surface area (Å²) in [6.45, 7) is 8.64. The Morgan fingerprint density at radius 1 is 1.29 bits per heavy atom. The molecule has 0 aliphatic rings. The third-order valence-electron chi connectivity index (χ3n) is 2.84. The second-order valence-corrected chi connectivity index (χ2v) is 3.82. The van der Waals surface area contributed by atoms with E-state index in [9.17, 15) is 9.59 Å². The topological polar surface area (TPSA) is 58.6 Å². The fourth-order valence-corrected chi connectivity index (χ4v) is 1.61. The Morgan fingerprint density at radius 3 is 2.29 bits per heavy atom. The number of ether oxygens (including phenoxy) is 1. The first-order chi connectivity index (χ1) is 8.08. The summed E-state index contributed by atoms with van der Waals surface area (Å²) in [7, 11) is 1.30. The molecule has 0 fully saturated rings. The summed E-state index contributed by atoms with van der Waals surface area (Å²) in [6, 6.07) is -0.437. The van der Waals surface area contributed by atoms with Crippen molar-refractivity contribution in [2.45, 2.75) is 39.7 Å². The Kier molecular flexibility index (Phi) is 8.40. The van der Waals surface area contributed by atoms with E-state index in [1.54, 1.807) is 6.92 Å². The lowest BCUT2D eigenvalue weighted by Gasteiger charge is -2.22. The van der Waals surface area contributed by atoms with Gasteiger partial charge in [-0.1, -0.05) is 20.8 Å². The Bertz CT molecular complexity index is 245. The number of ketones is 1. The van der Waals surface area contributed by atoms with Crippen LogP contribution in [0.1, 0.15) is 35.0 Å². The third kappa shape index (κ3) is 6.26. The third-order valence-corrected chi connectivity index (χ3v) is 2.84. The average molecular weight is 246 g/mol. The van der Waals surface area contributed by atoms with Crippen LogP contribution < -0.4 is 5.32 Å². The standard InChI is InChI=1S/C12H24N2O3.H2/c1-5-11(15)10(13-12(16)17-4)8-9-14(6-2)7-3;/h10H,5-9H2,1-4H3,(H,13,16);1H/t10-;/m0./s1. The highest BCUT2D eigenvalue weighted by atomic mass is 16.5. The fraction of sp³-hybridized carbons (Fsp3) is 0.833. The van der Waals surface area contributed by atoms with E-state index in [1.165, 1.54) is 7.11 Å². The largest absolute Gasteiger partial charge is 0.453 e. The molecule has 17 heavy (non-hydrogen) atoms. The first kappa shape index (κ1) is 15.9. The minimum atomic E-state index is -0.545. The summed E-state index contributed by atoms with van der Waals surface area (Å²) in [4.78, 5) is 25.0. The molecule has 0 radical (unpaired) electrons. The molecule has 5 nitrogen and oxygen atoms in total. The number of alkyl carbamates (subject to hydrolysis) is 1. The maximum Gasteiger partial charge on any atom is 0.407 e. The van der Waals surface area contributed by atoms with Crippen molar-refractivity contribution in [2.24, 2.45) is 0 Å². The van der Waals surface area contributed by atoms with Gasteiger partial charge in [-0.3, -0.25) is 4.79 Å². The van der Waals surface area contributed by atoms with Gasteiger partial charge >= 0.3 is 6.09 Å². The van der Waals surface area contributed by atoms with Crippen LogP contribution in [-0.2, 0) is 9.53 Å². The Hall–Kier alpha value is -1.10. The van der Waals surface area contributed by atoms with Crippen LogP contribution in [0.25, 0.3) is 0 Å². The monoisotopic (exact) mass is 246 g/mol. The van der Waals surface area contributed by atoms with Crippen molar-refractivity contribution in [2.75, 3.05) is 26.7 Å². The van der Waals surface area contributed by atoms with Gasteiger partial charge in [0.2, 0.25) is 0 Å². The minimum absolute atomic E-state index is 0. The molecule has 0 aromatic carbocycles. The van der Waals surface area contributed by atoms with Gasteiger partial charge in [0.15, 0.2) is 5.78 Å². The van der Waals surface area contributed by atoms with Crippen LogP contribution in [0.2, 0.25) is 0 Å². The highest BCUT2D eigenvalue weighted by molar-refractivity contribution is 5.87. The summed E-state index contributed by atoms with van der Waals surface area (Å²) in [5.74, 6) is 0.0440. The van der Waals surface area contributed by atoms with E-state index in [2.05, 4.69) is 28.8 Å². The normalized spacial score (nSPS) is 12.3. The van der Waals surface area contributed by atoms with Crippen molar-refractivity contribution in [1.82, 2.24) is 10.2 Å². The first-order valence-corrected chi connectivity index (χ1v) is 6.18. The molecule has 102 valence electrons. The minimum Gasteiger partial charge on any atom is -0.453 e. The molecule has 5 heteroatoms. The van der Waals surface area contributed by atoms with E-state index in [4.69, 9.17) is 0 Å². The molecular weight excluding hydrogens is 220 g/mol. The number of carbonyl (C=O) groups excluding carboxylic acids is 2. The SMILES string of the molecule is CCC(=O)[C@H](CCN(CC)CC)NC(=O)OC.[HH]. The van der Waals surface area contributed by atoms with Crippen molar-refractivity contribution in [3.8, 4) is 0 Å². The number of carbonyl (C=O) groups is 2. The highest BCUT2D eigenvalue weighted by Crippen LogP contribution is 2.01.